The number of carbonyl (C=O) groups excluding carboxylic acids is 1. The molecule has 30 heavy (non-hydrogen) atoms. The monoisotopic (exact) mass is 451 g/mol. The largest absolute Gasteiger partial charge is 0.481 e. The fourth-order valence-electron chi connectivity index (χ4n) is 2.88. The number of hydrogen-bond acceptors (Lipinski definition) is 4. The van der Waals surface area contributed by atoms with Crippen molar-refractivity contribution in [3.8, 4) is 11.1 Å². The van der Waals surface area contributed by atoms with Crippen molar-refractivity contribution in [1.29, 1.82) is 0 Å². The van der Waals surface area contributed by atoms with Crippen molar-refractivity contribution in [2.24, 2.45) is 0 Å². The first kappa shape index (κ1) is 22.0. The van der Waals surface area contributed by atoms with Crippen molar-refractivity contribution < 1.29 is 27.9 Å². The highest BCUT2D eigenvalue weighted by molar-refractivity contribution is 8.26. The fourth-order valence-corrected chi connectivity index (χ4v) is 4.19. The zero-order valence-electron chi connectivity index (χ0n) is 15.5. The summed E-state index contributed by atoms with van der Waals surface area (Å²) in [7, 11) is 0. The van der Waals surface area contributed by atoms with Gasteiger partial charge in [-0.15, -0.1) is 0 Å². The van der Waals surface area contributed by atoms with Gasteiger partial charge in [-0.1, -0.05) is 60.4 Å². The summed E-state index contributed by atoms with van der Waals surface area (Å²) in [5.74, 6) is -1.21. The number of thioether (sulfide) groups is 1. The van der Waals surface area contributed by atoms with Crippen LogP contribution >= 0.6 is 24.0 Å². The molecule has 0 aromatic heterocycles. The van der Waals surface area contributed by atoms with Crippen LogP contribution in [0.5, 0.6) is 0 Å². The molecule has 0 unspecified atom stereocenters. The van der Waals surface area contributed by atoms with E-state index < -0.39 is 17.7 Å². The molecule has 0 atom stereocenters. The third-order valence-corrected chi connectivity index (χ3v) is 5.76. The SMILES string of the molecule is O=C(O)CCCN1C(=O)/C(=C/c2ccc(-c3cccc(C(F)(F)F)c3)cc2)SC1=S. The van der Waals surface area contributed by atoms with Gasteiger partial charge >= 0.3 is 12.1 Å². The number of thiocarbonyl (C=S) groups is 1. The van der Waals surface area contributed by atoms with Crippen molar-refractivity contribution in [1.82, 2.24) is 4.90 Å². The average Bonchev–Trinajstić information content (AvgIpc) is 2.95. The highest BCUT2D eigenvalue weighted by atomic mass is 32.2. The van der Waals surface area contributed by atoms with E-state index in [0.29, 0.717) is 32.3 Å². The molecule has 9 heteroatoms. The van der Waals surface area contributed by atoms with Gasteiger partial charge < -0.3 is 5.11 Å². The number of nitrogens with zero attached hydrogens (tertiary/aromatic N) is 1. The van der Waals surface area contributed by atoms with Crippen molar-refractivity contribution >= 4 is 46.3 Å². The second-order valence-electron chi connectivity index (χ2n) is 6.53. The first-order valence-electron chi connectivity index (χ1n) is 8.90. The lowest BCUT2D eigenvalue weighted by Gasteiger charge is -2.13. The zero-order valence-corrected chi connectivity index (χ0v) is 17.1. The smallest absolute Gasteiger partial charge is 0.416 e. The number of hydrogen-bond donors (Lipinski definition) is 1. The molecule has 1 fully saturated rings. The van der Waals surface area contributed by atoms with Gasteiger partial charge in [-0.05, 0) is 41.3 Å². The molecule has 2 aromatic rings. The first-order chi connectivity index (χ1) is 14.1. The molecule has 0 radical (unpaired) electrons. The van der Waals surface area contributed by atoms with Gasteiger partial charge in [0.25, 0.3) is 5.91 Å². The van der Waals surface area contributed by atoms with E-state index in [-0.39, 0.29) is 18.9 Å². The number of carboxylic acids is 1. The molecule has 3 rings (SSSR count). The van der Waals surface area contributed by atoms with Gasteiger partial charge in [-0.2, -0.15) is 13.2 Å². The number of aliphatic carboxylic acids is 1. The quantitative estimate of drug-likeness (QED) is 0.468. The Balaban J connectivity index is 1.74. The van der Waals surface area contributed by atoms with E-state index in [1.807, 2.05) is 0 Å². The highest BCUT2D eigenvalue weighted by Gasteiger charge is 2.32. The van der Waals surface area contributed by atoms with Gasteiger partial charge in [0.05, 0.1) is 10.5 Å². The molecule has 1 amide bonds. The summed E-state index contributed by atoms with van der Waals surface area (Å²) in [4.78, 5) is 24.9. The third kappa shape index (κ3) is 5.28. The van der Waals surface area contributed by atoms with Gasteiger partial charge in [-0.25, -0.2) is 0 Å². The molecule has 1 saturated heterocycles. The number of alkyl halides is 3. The van der Waals surface area contributed by atoms with Crippen LogP contribution in [0.3, 0.4) is 0 Å². The molecule has 0 spiro atoms. The molecule has 0 saturated carbocycles. The molecule has 0 bridgehead atoms. The Hall–Kier alpha value is -2.65. The van der Waals surface area contributed by atoms with E-state index >= 15 is 0 Å². The number of rotatable bonds is 6. The van der Waals surface area contributed by atoms with E-state index in [9.17, 15) is 22.8 Å². The van der Waals surface area contributed by atoms with Crippen molar-refractivity contribution in [3.63, 3.8) is 0 Å². The van der Waals surface area contributed by atoms with Crippen LogP contribution in [0.25, 0.3) is 17.2 Å². The normalized spacial score (nSPS) is 15.8. The molecule has 1 N–H and O–H groups in total. The number of halogens is 3. The van der Waals surface area contributed by atoms with Crippen LogP contribution in [0.15, 0.2) is 53.4 Å². The molecular weight excluding hydrogens is 435 g/mol. The van der Waals surface area contributed by atoms with E-state index in [1.54, 1.807) is 36.4 Å². The summed E-state index contributed by atoms with van der Waals surface area (Å²) in [6.45, 7) is 0.239. The van der Waals surface area contributed by atoms with E-state index in [2.05, 4.69) is 0 Å². The Morgan fingerprint density at radius 1 is 1.13 bits per heavy atom. The van der Waals surface area contributed by atoms with Crippen LogP contribution in [-0.4, -0.2) is 32.7 Å². The van der Waals surface area contributed by atoms with Gasteiger partial charge in [0.15, 0.2) is 0 Å². The number of carbonyl (C=O) groups is 2. The van der Waals surface area contributed by atoms with Crippen molar-refractivity contribution in [2.45, 2.75) is 19.0 Å². The second kappa shape index (κ2) is 9.01. The Labute approximate surface area is 180 Å². The van der Waals surface area contributed by atoms with E-state index in [1.165, 1.54) is 11.0 Å². The maximum Gasteiger partial charge on any atom is 0.416 e. The average molecular weight is 451 g/mol. The number of benzene rings is 2. The van der Waals surface area contributed by atoms with Crippen molar-refractivity contribution in [3.05, 3.63) is 64.6 Å². The van der Waals surface area contributed by atoms with Gasteiger partial charge in [0.1, 0.15) is 4.32 Å². The van der Waals surface area contributed by atoms with E-state index in [0.717, 1.165) is 23.9 Å². The van der Waals surface area contributed by atoms with Crippen LogP contribution < -0.4 is 0 Å². The third-order valence-electron chi connectivity index (χ3n) is 4.38. The summed E-state index contributed by atoms with van der Waals surface area (Å²) in [6.07, 6.45) is -2.49. The predicted octanol–water partition coefficient (Wildman–Crippen LogP) is 5.44. The number of amides is 1. The molecule has 4 nitrogen and oxygen atoms in total. The summed E-state index contributed by atoms with van der Waals surface area (Å²) >= 11 is 6.34. The molecule has 1 heterocycles. The summed E-state index contributed by atoms with van der Waals surface area (Å²) in [5, 5.41) is 8.72. The summed E-state index contributed by atoms with van der Waals surface area (Å²) in [6, 6.07) is 11.9. The Morgan fingerprint density at radius 2 is 1.83 bits per heavy atom. The minimum Gasteiger partial charge on any atom is -0.481 e. The minimum atomic E-state index is -4.41. The van der Waals surface area contributed by atoms with Gasteiger partial charge in [0.2, 0.25) is 0 Å². The first-order valence-corrected chi connectivity index (χ1v) is 10.1. The number of carboxylic acid groups (broad SMARTS) is 1. The summed E-state index contributed by atoms with van der Waals surface area (Å²) < 4.78 is 39.1. The Bertz CT molecular complexity index is 1020. The highest BCUT2D eigenvalue weighted by Crippen LogP contribution is 2.34. The molecule has 1 aliphatic rings. The van der Waals surface area contributed by atoms with Crippen LogP contribution in [0.1, 0.15) is 24.0 Å². The van der Waals surface area contributed by atoms with Crippen LogP contribution in [0, 0.1) is 0 Å². The molecular formula is C21H16F3NO3S2. The zero-order chi connectivity index (χ0) is 21.9. The molecule has 2 aromatic carbocycles. The summed E-state index contributed by atoms with van der Waals surface area (Å²) in [5.41, 5.74) is 1.06. The maximum absolute atomic E-state index is 12.9. The second-order valence-corrected chi connectivity index (χ2v) is 8.21. The van der Waals surface area contributed by atoms with Gasteiger partial charge in [-0.3, -0.25) is 14.5 Å². The van der Waals surface area contributed by atoms with Crippen LogP contribution in [0.4, 0.5) is 13.2 Å². The Morgan fingerprint density at radius 3 is 2.47 bits per heavy atom. The topological polar surface area (TPSA) is 57.6 Å². The van der Waals surface area contributed by atoms with Gasteiger partial charge in [0, 0.05) is 13.0 Å². The lowest BCUT2D eigenvalue weighted by atomic mass is 10.0. The lowest BCUT2D eigenvalue weighted by molar-refractivity contribution is -0.138. The molecule has 1 aliphatic heterocycles. The fraction of sp³-hybridized carbons (Fsp3) is 0.190. The standard InChI is InChI=1S/C21H16F3NO3S2/c22-21(23,24)16-4-1-3-15(12-16)14-8-6-13(7-9-14)11-17-19(28)25(20(29)30-17)10-2-5-18(26)27/h1,3-4,6-9,11-12H,2,5,10H2,(H,26,27)/b17-11-. The maximum atomic E-state index is 12.9. The van der Waals surface area contributed by atoms with Crippen LogP contribution in [0.2, 0.25) is 0 Å². The van der Waals surface area contributed by atoms with E-state index in [4.69, 9.17) is 17.3 Å². The molecule has 0 aliphatic carbocycles. The molecule has 156 valence electrons. The minimum absolute atomic E-state index is 0.0485. The Kier molecular flexibility index (Phi) is 6.62. The van der Waals surface area contributed by atoms with Crippen molar-refractivity contribution in [2.75, 3.05) is 6.54 Å². The predicted molar refractivity (Wildman–Crippen MR) is 114 cm³/mol. The van der Waals surface area contributed by atoms with Crippen LogP contribution in [-0.2, 0) is 15.8 Å². The lowest BCUT2D eigenvalue weighted by Crippen LogP contribution is -2.29.